The molecular weight excluding hydrogens is 297 g/mol. The first kappa shape index (κ1) is 13.4. The molecule has 0 atom stereocenters. The highest BCUT2D eigenvalue weighted by atomic mass is 79.9. The van der Waals surface area contributed by atoms with Gasteiger partial charge in [-0.2, -0.15) is 0 Å². The van der Waals surface area contributed by atoms with Crippen LogP contribution in [0, 0.1) is 12.7 Å². The van der Waals surface area contributed by atoms with E-state index in [0.717, 1.165) is 0 Å². The first-order chi connectivity index (χ1) is 7.35. The van der Waals surface area contributed by atoms with Gasteiger partial charge in [-0.25, -0.2) is 12.8 Å². The zero-order chi connectivity index (χ0) is 12.3. The molecule has 0 spiro atoms. The second kappa shape index (κ2) is 5.14. The third-order valence-electron chi connectivity index (χ3n) is 2.01. The fourth-order valence-corrected chi connectivity index (χ4v) is 2.90. The minimum absolute atomic E-state index is 0.0319. The van der Waals surface area contributed by atoms with E-state index < -0.39 is 15.8 Å². The summed E-state index contributed by atoms with van der Waals surface area (Å²) in [6.45, 7) is 3.49. The molecule has 1 N–H and O–H groups in total. The number of hydrogen-bond donors (Lipinski definition) is 1. The van der Waals surface area contributed by atoms with Gasteiger partial charge in [-0.1, -0.05) is 6.92 Å². The van der Waals surface area contributed by atoms with E-state index in [1.807, 2.05) is 0 Å². The molecular formula is C10H13BrFNO2S. The Morgan fingerprint density at radius 1 is 1.44 bits per heavy atom. The second-order valence-corrected chi connectivity index (χ2v) is 6.20. The third kappa shape index (κ3) is 3.45. The van der Waals surface area contributed by atoms with E-state index in [2.05, 4.69) is 20.7 Å². The first-order valence-electron chi connectivity index (χ1n) is 4.82. The average Bonchev–Trinajstić information content (AvgIpc) is 2.13. The van der Waals surface area contributed by atoms with Crippen molar-refractivity contribution in [1.29, 1.82) is 0 Å². The van der Waals surface area contributed by atoms with Crippen LogP contribution in [0.4, 0.5) is 10.1 Å². The lowest BCUT2D eigenvalue weighted by Crippen LogP contribution is -2.16. The largest absolute Gasteiger partial charge is 0.283 e. The van der Waals surface area contributed by atoms with Crippen molar-refractivity contribution in [2.24, 2.45) is 0 Å². The summed E-state index contributed by atoms with van der Waals surface area (Å²) in [5.41, 5.74) is 0.960. The molecule has 0 radical (unpaired) electrons. The van der Waals surface area contributed by atoms with Gasteiger partial charge in [-0.15, -0.1) is 0 Å². The normalized spacial score (nSPS) is 11.5. The molecule has 0 saturated heterocycles. The minimum Gasteiger partial charge on any atom is -0.283 e. The summed E-state index contributed by atoms with van der Waals surface area (Å²) in [7, 11) is -3.37. The molecule has 90 valence electrons. The predicted octanol–water partition coefficient (Wildman–Crippen LogP) is 3.05. The zero-order valence-corrected chi connectivity index (χ0v) is 11.5. The highest BCUT2D eigenvalue weighted by Crippen LogP contribution is 2.24. The van der Waals surface area contributed by atoms with Gasteiger partial charge in [-0.3, -0.25) is 4.72 Å². The third-order valence-corrected chi connectivity index (χ3v) is 4.09. The van der Waals surface area contributed by atoms with Crippen LogP contribution in [0.25, 0.3) is 0 Å². The Morgan fingerprint density at radius 3 is 2.62 bits per heavy atom. The summed E-state index contributed by atoms with van der Waals surface area (Å²) in [5, 5.41) is 0. The van der Waals surface area contributed by atoms with Crippen LogP contribution in [-0.4, -0.2) is 14.2 Å². The molecule has 1 aromatic carbocycles. The molecule has 0 aliphatic heterocycles. The fourth-order valence-electron chi connectivity index (χ4n) is 1.24. The number of rotatable bonds is 4. The fraction of sp³-hybridized carbons (Fsp3) is 0.400. The molecule has 6 heteroatoms. The topological polar surface area (TPSA) is 46.2 Å². The van der Waals surface area contributed by atoms with E-state index in [4.69, 9.17) is 0 Å². The summed E-state index contributed by atoms with van der Waals surface area (Å²) in [5.74, 6) is -0.454. The highest BCUT2D eigenvalue weighted by molar-refractivity contribution is 9.10. The van der Waals surface area contributed by atoms with Gasteiger partial charge in [0.05, 0.1) is 15.9 Å². The molecule has 16 heavy (non-hydrogen) atoms. The number of halogens is 2. The Balaban J connectivity index is 3.03. The summed E-state index contributed by atoms with van der Waals surface area (Å²) in [6.07, 6.45) is 0.521. The standard InChI is InChI=1S/C10H13BrFNO2S/c1-3-4-16(14,15)13-10-6-9(12)8(11)5-7(10)2/h5-6,13H,3-4H2,1-2H3. The predicted molar refractivity (Wildman–Crippen MR) is 66.5 cm³/mol. The van der Waals surface area contributed by atoms with Crippen LogP contribution < -0.4 is 4.72 Å². The second-order valence-electron chi connectivity index (χ2n) is 3.50. The van der Waals surface area contributed by atoms with E-state index in [-0.39, 0.29) is 11.4 Å². The Morgan fingerprint density at radius 2 is 2.06 bits per heavy atom. The number of hydrogen-bond acceptors (Lipinski definition) is 2. The van der Waals surface area contributed by atoms with Crippen molar-refractivity contribution in [2.75, 3.05) is 10.5 Å². The molecule has 1 rings (SSSR count). The van der Waals surface area contributed by atoms with Crippen molar-refractivity contribution in [3.8, 4) is 0 Å². The Bertz CT molecular complexity index is 488. The van der Waals surface area contributed by atoms with Crippen LogP contribution >= 0.6 is 15.9 Å². The maximum atomic E-state index is 13.2. The Kier molecular flexibility index (Phi) is 4.32. The minimum atomic E-state index is -3.37. The lowest BCUT2D eigenvalue weighted by Gasteiger charge is -2.10. The molecule has 0 aliphatic carbocycles. The molecule has 0 bridgehead atoms. The molecule has 0 saturated carbocycles. The maximum absolute atomic E-state index is 13.2. The molecule has 0 heterocycles. The van der Waals surface area contributed by atoms with Crippen LogP contribution in [0.2, 0.25) is 0 Å². The average molecular weight is 310 g/mol. The first-order valence-corrected chi connectivity index (χ1v) is 7.26. The number of benzene rings is 1. The molecule has 0 aliphatic rings. The van der Waals surface area contributed by atoms with Crippen molar-refractivity contribution < 1.29 is 12.8 Å². The van der Waals surface area contributed by atoms with Crippen molar-refractivity contribution >= 4 is 31.6 Å². The maximum Gasteiger partial charge on any atom is 0.232 e. The lowest BCUT2D eigenvalue weighted by atomic mass is 10.2. The van der Waals surface area contributed by atoms with Gasteiger partial charge in [0.1, 0.15) is 5.82 Å². The number of nitrogens with one attached hydrogen (secondary N) is 1. The molecule has 0 fully saturated rings. The van der Waals surface area contributed by atoms with Crippen molar-refractivity contribution in [2.45, 2.75) is 20.3 Å². The van der Waals surface area contributed by atoms with Gasteiger partial charge in [0, 0.05) is 0 Å². The van der Waals surface area contributed by atoms with Crippen molar-refractivity contribution in [1.82, 2.24) is 0 Å². The van der Waals surface area contributed by atoms with E-state index >= 15 is 0 Å². The smallest absolute Gasteiger partial charge is 0.232 e. The van der Waals surface area contributed by atoms with E-state index in [1.54, 1.807) is 19.9 Å². The van der Waals surface area contributed by atoms with Gasteiger partial charge in [0.2, 0.25) is 10.0 Å². The molecule has 1 aromatic rings. The van der Waals surface area contributed by atoms with Gasteiger partial charge in [0.15, 0.2) is 0 Å². The monoisotopic (exact) mass is 309 g/mol. The van der Waals surface area contributed by atoms with Crippen LogP contribution in [0.5, 0.6) is 0 Å². The Labute approximate surface area is 103 Å². The lowest BCUT2D eigenvalue weighted by molar-refractivity contribution is 0.599. The van der Waals surface area contributed by atoms with Crippen LogP contribution in [0.1, 0.15) is 18.9 Å². The van der Waals surface area contributed by atoms with Gasteiger partial charge >= 0.3 is 0 Å². The number of anilines is 1. The summed E-state index contributed by atoms with van der Waals surface area (Å²) >= 11 is 3.04. The van der Waals surface area contributed by atoms with Crippen LogP contribution in [0.15, 0.2) is 16.6 Å². The van der Waals surface area contributed by atoms with Crippen molar-refractivity contribution in [3.05, 3.63) is 28.0 Å². The number of sulfonamides is 1. The van der Waals surface area contributed by atoms with E-state index in [0.29, 0.717) is 16.5 Å². The Hall–Kier alpha value is -0.620. The van der Waals surface area contributed by atoms with E-state index in [9.17, 15) is 12.8 Å². The summed E-state index contributed by atoms with van der Waals surface area (Å²) in [6, 6.07) is 2.71. The summed E-state index contributed by atoms with van der Waals surface area (Å²) < 4.78 is 38.9. The van der Waals surface area contributed by atoms with Crippen molar-refractivity contribution in [3.63, 3.8) is 0 Å². The van der Waals surface area contributed by atoms with Crippen LogP contribution in [-0.2, 0) is 10.0 Å². The van der Waals surface area contributed by atoms with Gasteiger partial charge in [-0.05, 0) is 47.0 Å². The SMILES string of the molecule is CCCS(=O)(=O)Nc1cc(F)c(Br)cc1C. The molecule has 0 amide bonds. The zero-order valence-electron chi connectivity index (χ0n) is 9.05. The van der Waals surface area contributed by atoms with Crippen LogP contribution in [0.3, 0.4) is 0 Å². The van der Waals surface area contributed by atoms with Gasteiger partial charge < -0.3 is 0 Å². The molecule has 3 nitrogen and oxygen atoms in total. The van der Waals surface area contributed by atoms with E-state index in [1.165, 1.54) is 6.07 Å². The van der Waals surface area contributed by atoms with Gasteiger partial charge in [0.25, 0.3) is 0 Å². The quantitative estimate of drug-likeness (QED) is 0.929. The molecule has 0 aromatic heterocycles. The molecule has 0 unspecified atom stereocenters. The highest BCUT2D eigenvalue weighted by Gasteiger charge is 2.12. The summed E-state index contributed by atoms with van der Waals surface area (Å²) in [4.78, 5) is 0. The number of aryl methyl sites for hydroxylation is 1.